The molecule has 1 aromatic rings. The van der Waals surface area contributed by atoms with Crippen LogP contribution in [-0.4, -0.2) is 6.54 Å². The molecule has 0 aliphatic carbocycles. The van der Waals surface area contributed by atoms with Crippen molar-refractivity contribution in [1.29, 1.82) is 0 Å². The molecular formula is C15H23BrIN. The van der Waals surface area contributed by atoms with Crippen LogP contribution in [0.5, 0.6) is 0 Å². The third-order valence-electron chi connectivity index (χ3n) is 2.97. The predicted octanol–water partition coefficient (Wildman–Crippen LogP) is 5.53. The first kappa shape index (κ1) is 16.4. The molecule has 3 heteroatoms. The van der Waals surface area contributed by atoms with Crippen molar-refractivity contribution in [2.24, 2.45) is 5.41 Å². The SMILES string of the molecule is CCNC(CCC(C)(C)C)c1cc(Br)ccc1I. The van der Waals surface area contributed by atoms with Crippen LogP contribution in [0.25, 0.3) is 0 Å². The van der Waals surface area contributed by atoms with Crippen LogP contribution in [-0.2, 0) is 0 Å². The molecule has 0 saturated carbocycles. The van der Waals surface area contributed by atoms with Gasteiger partial charge in [0.25, 0.3) is 0 Å². The second-order valence-electron chi connectivity index (χ2n) is 5.88. The average Bonchev–Trinajstić information content (AvgIpc) is 2.26. The first-order chi connectivity index (χ1) is 8.33. The molecule has 0 aliphatic heterocycles. The first-order valence-electron chi connectivity index (χ1n) is 6.52. The van der Waals surface area contributed by atoms with Gasteiger partial charge in [-0.3, -0.25) is 0 Å². The molecule has 0 spiro atoms. The maximum atomic E-state index is 3.61. The lowest BCUT2D eigenvalue weighted by Crippen LogP contribution is -2.23. The first-order valence-corrected chi connectivity index (χ1v) is 8.39. The highest BCUT2D eigenvalue weighted by Crippen LogP contribution is 2.31. The molecule has 0 radical (unpaired) electrons. The zero-order valence-corrected chi connectivity index (χ0v) is 15.4. The van der Waals surface area contributed by atoms with E-state index in [0.717, 1.165) is 11.0 Å². The number of nitrogens with one attached hydrogen (secondary N) is 1. The van der Waals surface area contributed by atoms with Gasteiger partial charge in [-0.25, -0.2) is 0 Å². The van der Waals surface area contributed by atoms with E-state index in [4.69, 9.17) is 0 Å². The van der Waals surface area contributed by atoms with E-state index < -0.39 is 0 Å². The van der Waals surface area contributed by atoms with Crippen molar-refractivity contribution < 1.29 is 0 Å². The fourth-order valence-corrected chi connectivity index (χ4v) is 3.06. The Morgan fingerprint density at radius 2 is 2.00 bits per heavy atom. The maximum Gasteiger partial charge on any atom is 0.0331 e. The van der Waals surface area contributed by atoms with Gasteiger partial charge in [-0.15, -0.1) is 0 Å². The van der Waals surface area contributed by atoms with Crippen molar-refractivity contribution in [3.63, 3.8) is 0 Å². The summed E-state index contributed by atoms with van der Waals surface area (Å²) in [6.45, 7) is 10.1. The summed E-state index contributed by atoms with van der Waals surface area (Å²) in [5.74, 6) is 0. The standard InChI is InChI=1S/C15H23BrIN/c1-5-18-14(8-9-15(2,3)4)12-10-11(16)6-7-13(12)17/h6-7,10,14,18H,5,8-9H2,1-4H3. The lowest BCUT2D eigenvalue weighted by atomic mass is 9.87. The Labute approximate surface area is 133 Å². The number of benzene rings is 1. The molecule has 1 nitrogen and oxygen atoms in total. The van der Waals surface area contributed by atoms with Crippen LogP contribution >= 0.6 is 38.5 Å². The van der Waals surface area contributed by atoms with Gasteiger partial charge in [-0.2, -0.15) is 0 Å². The van der Waals surface area contributed by atoms with Gasteiger partial charge < -0.3 is 5.32 Å². The van der Waals surface area contributed by atoms with Gasteiger partial charge >= 0.3 is 0 Å². The molecule has 1 rings (SSSR count). The third kappa shape index (κ3) is 5.57. The Bertz CT molecular complexity index is 385. The highest BCUT2D eigenvalue weighted by molar-refractivity contribution is 14.1. The lowest BCUT2D eigenvalue weighted by Gasteiger charge is -2.25. The minimum Gasteiger partial charge on any atom is -0.310 e. The average molecular weight is 424 g/mol. The van der Waals surface area contributed by atoms with Crippen LogP contribution in [0.15, 0.2) is 22.7 Å². The van der Waals surface area contributed by atoms with Crippen molar-refractivity contribution in [2.75, 3.05) is 6.54 Å². The molecular weight excluding hydrogens is 401 g/mol. The van der Waals surface area contributed by atoms with Crippen molar-refractivity contribution in [3.8, 4) is 0 Å². The van der Waals surface area contributed by atoms with E-state index in [-0.39, 0.29) is 0 Å². The van der Waals surface area contributed by atoms with E-state index in [1.165, 1.54) is 22.0 Å². The topological polar surface area (TPSA) is 12.0 Å². The summed E-state index contributed by atoms with van der Waals surface area (Å²) in [6.07, 6.45) is 2.41. The lowest BCUT2D eigenvalue weighted by molar-refractivity contribution is 0.333. The largest absolute Gasteiger partial charge is 0.310 e. The van der Waals surface area contributed by atoms with Crippen molar-refractivity contribution in [1.82, 2.24) is 5.32 Å². The van der Waals surface area contributed by atoms with E-state index in [2.05, 4.69) is 89.7 Å². The number of hydrogen-bond donors (Lipinski definition) is 1. The zero-order valence-electron chi connectivity index (χ0n) is 11.7. The quantitative estimate of drug-likeness (QED) is 0.613. The van der Waals surface area contributed by atoms with Gasteiger partial charge in [0.15, 0.2) is 0 Å². The van der Waals surface area contributed by atoms with Crippen molar-refractivity contribution in [3.05, 3.63) is 31.8 Å². The van der Waals surface area contributed by atoms with Gasteiger partial charge in [0.2, 0.25) is 0 Å². The Balaban J connectivity index is 2.86. The third-order valence-corrected chi connectivity index (χ3v) is 4.44. The highest BCUT2D eigenvalue weighted by atomic mass is 127. The van der Waals surface area contributed by atoms with Crippen LogP contribution in [0.1, 0.15) is 52.1 Å². The minimum absolute atomic E-state index is 0.394. The molecule has 0 aliphatic rings. The molecule has 1 aromatic carbocycles. The van der Waals surface area contributed by atoms with Crippen molar-refractivity contribution >= 4 is 38.5 Å². The van der Waals surface area contributed by atoms with E-state index in [9.17, 15) is 0 Å². The van der Waals surface area contributed by atoms with E-state index in [1.54, 1.807) is 0 Å². The van der Waals surface area contributed by atoms with Crippen molar-refractivity contribution in [2.45, 2.75) is 46.6 Å². The van der Waals surface area contributed by atoms with Crippen LogP contribution < -0.4 is 5.32 Å². The Morgan fingerprint density at radius 3 is 2.56 bits per heavy atom. The van der Waals surface area contributed by atoms with E-state index in [0.29, 0.717) is 11.5 Å². The van der Waals surface area contributed by atoms with Crippen LogP contribution in [0, 0.1) is 8.99 Å². The molecule has 1 atom stereocenters. The van der Waals surface area contributed by atoms with Crippen LogP contribution in [0.2, 0.25) is 0 Å². The molecule has 0 fully saturated rings. The molecule has 0 amide bonds. The summed E-state index contributed by atoms with van der Waals surface area (Å²) in [7, 11) is 0. The zero-order chi connectivity index (χ0) is 13.8. The van der Waals surface area contributed by atoms with Gasteiger partial charge in [-0.05, 0) is 71.2 Å². The molecule has 0 aromatic heterocycles. The maximum absolute atomic E-state index is 3.61. The summed E-state index contributed by atoms with van der Waals surface area (Å²) >= 11 is 6.01. The normalized spacial score (nSPS) is 13.7. The summed E-state index contributed by atoms with van der Waals surface area (Å²) < 4.78 is 2.51. The fraction of sp³-hybridized carbons (Fsp3) is 0.600. The second kappa shape index (κ2) is 7.25. The van der Waals surface area contributed by atoms with Gasteiger partial charge in [0.05, 0.1) is 0 Å². The van der Waals surface area contributed by atoms with Gasteiger partial charge in [-0.1, -0.05) is 43.6 Å². The monoisotopic (exact) mass is 423 g/mol. The van der Waals surface area contributed by atoms with E-state index >= 15 is 0 Å². The highest BCUT2D eigenvalue weighted by Gasteiger charge is 2.18. The van der Waals surface area contributed by atoms with Gasteiger partial charge in [0.1, 0.15) is 0 Å². The molecule has 0 bridgehead atoms. The Hall–Kier alpha value is 0.390. The van der Waals surface area contributed by atoms with Gasteiger partial charge in [0, 0.05) is 14.1 Å². The Morgan fingerprint density at radius 1 is 1.33 bits per heavy atom. The summed E-state index contributed by atoms with van der Waals surface area (Å²) in [6, 6.07) is 7.00. The second-order valence-corrected chi connectivity index (χ2v) is 7.95. The molecule has 18 heavy (non-hydrogen) atoms. The summed E-state index contributed by atoms with van der Waals surface area (Å²) in [5.41, 5.74) is 1.81. The molecule has 0 heterocycles. The summed E-state index contributed by atoms with van der Waals surface area (Å²) in [4.78, 5) is 0. The molecule has 0 saturated heterocycles. The molecule has 1 N–H and O–H groups in total. The summed E-state index contributed by atoms with van der Waals surface area (Å²) in [5, 5.41) is 3.61. The molecule has 1 unspecified atom stereocenters. The number of hydrogen-bond acceptors (Lipinski definition) is 1. The number of rotatable bonds is 5. The fourth-order valence-electron chi connectivity index (χ4n) is 1.97. The van der Waals surface area contributed by atoms with Crippen LogP contribution in [0.3, 0.4) is 0 Å². The minimum atomic E-state index is 0.394. The number of halogens is 2. The smallest absolute Gasteiger partial charge is 0.0331 e. The molecule has 102 valence electrons. The predicted molar refractivity (Wildman–Crippen MR) is 92.0 cm³/mol. The van der Waals surface area contributed by atoms with E-state index in [1.807, 2.05) is 0 Å². The van der Waals surface area contributed by atoms with Crippen LogP contribution in [0.4, 0.5) is 0 Å². The Kier molecular flexibility index (Phi) is 6.62.